The molecule has 3 rings (SSSR count). The lowest BCUT2D eigenvalue weighted by Gasteiger charge is -2.36. The summed E-state index contributed by atoms with van der Waals surface area (Å²) in [6.07, 6.45) is 5.15. The Morgan fingerprint density at radius 1 is 1.19 bits per heavy atom. The maximum atomic E-state index is 12.7. The van der Waals surface area contributed by atoms with E-state index in [1.165, 1.54) is 12.3 Å². The number of amides is 2. The Labute approximate surface area is 148 Å². The molecule has 9 nitrogen and oxygen atoms in total. The van der Waals surface area contributed by atoms with Crippen molar-refractivity contribution < 1.29 is 9.59 Å². The van der Waals surface area contributed by atoms with E-state index in [0.717, 1.165) is 19.3 Å². The number of fused-ring (bicyclic) bond motifs is 1. The van der Waals surface area contributed by atoms with Gasteiger partial charge in [0.15, 0.2) is 0 Å². The molecule has 1 saturated carbocycles. The van der Waals surface area contributed by atoms with Crippen LogP contribution in [0.4, 0.5) is 0 Å². The molecule has 0 aliphatic heterocycles. The maximum absolute atomic E-state index is 12.7. The molecule has 1 aliphatic carbocycles. The number of carbonyl (C=O) groups excluding carboxylic acids is 2. The zero-order valence-corrected chi connectivity index (χ0v) is 14.5. The van der Waals surface area contributed by atoms with Crippen LogP contribution < -0.4 is 21.9 Å². The van der Waals surface area contributed by atoms with Crippen LogP contribution >= 0.6 is 0 Å². The van der Waals surface area contributed by atoms with E-state index in [4.69, 9.17) is 0 Å². The van der Waals surface area contributed by atoms with Gasteiger partial charge in [-0.15, -0.1) is 0 Å². The standard InChI is InChI=1S/C17H21N5O4/c1-2-18-15(25)17(6-4-3-5-7-17)22-13(23)10-8-11-12(19-9-10)20-16(26)21-14(11)24/h8-9H,2-7H2,1H3,(H,18,25)(H,22,23)(H2,19,20,21,24,26). The molecule has 2 aromatic rings. The summed E-state index contributed by atoms with van der Waals surface area (Å²) >= 11 is 0. The SMILES string of the molecule is CCNC(=O)C1(NC(=O)c2cnc3[nH]c(=O)[nH]c(=O)c3c2)CCCCC1. The first-order valence-corrected chi connectivity index (χ1v) is 8.68. The average molecular weight is 359 g/mol. The molecule has 2 amide bonds. The fourth-order valence-electron chi connectivity index (χ4n) is 3.35. The Hall–Kier alpha value is -2.97. The van der Waals surface area contributed by atoms with Gasteiger partial charge < -0.3 is 10.6 Å². The van der Waals surface area contributed by atoms with Crippen molar-refractivity contribution in [1.82, 2.24) is 25.6 Å². The third-order valence-corrected chi connectivity index (χ3v) is 4.69. The minimum atomic E-state index is -0.947. The lowest BCUT2D eigenvalue weighted by Crippen LogP contribution is -2.59. The summed E-state index contributed by atoms with van der Waals surface area (Å²) in [4.78, 5) is 57.0. The van der Waals surface area contributed by atoms with Gasteiger partial charge in [0.25, 0.3) is 11.5 Å². The van der Waals surface area contributed by atoms with Crippen LogP contribution in [0.2, 0.25) is 0 Å². The summed E-state index contributed by atoms with van der Waals surface area (Å²) in [7, 11) is 0. The molecular weight excluding hydrogens is 338 g/mol. The van der Waals surface area contributed by atoms with E-state index in [9.17, 15) is 19.2 Å². The lowest BCUT2D eigenvalue weighted by molar-refractivity contribution is -0.128. The van der Waals surface area contributed by atoms with Crippen LogP contribution in [0.15, 0.2) is 21.9 Å². The normalized spacial score (nSPS) is 16.2. The third-order valence-electron chi connectivity index (χ3n) is 4.69. The first-order chi connectivity index (χ1) is 12.4. The number of likely N-dealkylation sites (N-methyl/N-ethyl adjacent to an activating group) is 1. The molecule has 0 bridgehead atoms. The quantitative estimate of drug-likeness (QED) is 0.617. The molecule has 1 aliphatic rings. The summed E-state index contributed by atoms with van der Waals surface area (Å²) < 4.78 is 0. The molecule has 9 heteroatoms. The summed E-state index contributed by atoms with van der Waals surface area (Å²) in [5, 5.41) is 5.75. The van der Waals surface area contributed by atoms with Gasteiger partial charge in [0.2, 0.25) is 5.91 Å². The Morgan fingerprint density at radius 3 is 2.62 bits per heavy atom. The molecule has 0 saturated heterocycles. The van der Waals surface area contributed by atoms with Gasteiger partial charge in [-0.3, -0.25) is 24.4 Å². The van der Waals surface area contributed by atoms with Crippen molar-refractivity contribution >= 4 is 22.8 Å². The van der Waals surface area contributed by atoms with Crippen molar-refractivity contribution in [3.63, 3.8) is 0 Å². The van der Waals surface area contributed by atoms with Gasteiger partial charge in [-0.05, 0) is 25.8 Å². The Kier molecular flexibility index (Phi) is 4.88. The van der Waals surface area contributed by atoms with Gasteiger partial charge in [0.05, 0.1) is 10.9 Å². The highest BCUT2D eigenvalue weighted by Gasteiger charge is 2.40. The van der Waals surface area contributed by atoms with E-state index in [1.54, 1.807) is 0 Å². The minimum Gasteiger partial charge on any atom is -0.354 e. The Balaban J connectivity index is 1.92. The van der Waals surface area contributed by atoms with E-state index in [1.807, 2.05) is 6.92 Å². The van der Waals surface area contributed by atoms with E-state index < -0.39 is 22.7 Å². The third kappa shape index (κ3) is 3.37. The number of nitrogens with zero attached hydrogens (tertiary/aromatic N) is 1. The second kappa shape index (κ2) is 7.11. The molecule has 4 N–H and O–H groups in total. The lowest BCUT2D eigenvalue weighted by atomic mass is 9.80. The molecule has 0 atom stereocenters. The zero-order chi connectivity index (χ0) is 18.7. The van der Waals surface area contributed by atoms with Crippen molar-refractivity contribution in [2.45, 2.75) is 44.6 Å². The van der Waals surface area contributed by atoms with Crippen molar-refractivity contribution in [2.75, 3.05) is 6.54 Å². The zero-order valence-electron chi connectivity index (χ0n) is 14.5. The highest BCUT2D eigenvalue weighted by Crippen LogP contribution is 2.29. The molecule has 1 fully saturated rings. The number of hydrogen-bond acceptors (Lipinski definition) is 5. The number of aromatic nitrogens is 3. The van der Waals surface area contributed by atoms with E-state index in [0.29, 0.717) is 19.4 Å². The fourth-order valence-corrected chi connectivity index (χ4v) is 3.35. The number of H-pyrrole nitrogens is 2. The van der Waals surface area contributed by atoms with Crippen LogP contribution in [-0.4, -0.2) is 38.8 Å². The first-order valence-electron chi connectivity index (χ1n) is 8.68. The smallest absolute Gasteiger partial charge is 0.327 e. The van der Waals surface area contributed by atoms with Gasteiger partial charge in [-0.25, -0.2) is 9.78 Å². The van der Waals surface area contributed by atoms with E-state index in [2.05, 4.69) is 25.6 Å². The van der Waals surface area contributed by atoms with Crippen LogP contribution in [0, 0.1) is 0 Å². The summed E-state index contributed by atoms with van der Waals surface area (Å²) in [6, 6.07) is 1.36. The molecule has 2 heterocycles. The van der Waals surface area contributed by atoms with Gasteiger partial charge in [-0.1, -0.05) is 19.3 Å². The largest absolute Gasteiger partial charge is 0.354 e. The molecule has 138 valence electrons. The molecule has 26 heavy (non-hydrogen) atoms. The van der Waals surface area contributed by atoms with Crippen molar-refractivity contribution in [2.24, 2.45) is 0 Å². The predicted octanol–water partition coefficient (Wildman–Crippen LogP) is 0.180. The second-order valence-corrected chi connectivity index (χ2v) is 6.48. The van der Waals surface area contributed by atoms with Gasteiger partial charge >= 0.3 is 5.69 Å². The highest BCUT2D eigenvalue weighted by atomic mass is 16.2. The summed E-state index contributed by atoms with van der Waals surface area (Å²) in [6.45, 7) is 2.31. The fraction of sp³-hybridized carbons (Fsp3) is 0.471. The van der Waals surface area contributed by atoms with Gasteiger partial charge in [-0.2, -0.15) is 0 Å². The van der Waals surface area contributed by atoms with Gasteiger partial charge in [0.1, 0.15) is 11.2 Å². The molecular formula is C17H21N5O4. The second-order valence-electron chi connectivity index (χ2n) is 6.48. The number of aromatic amines is 2. The Bertz CT molecular complexity index is 956. The number of rotatable bonds is 4. The van der Waals surface area contributed by atoms with Crippen molar-refractivity contribution in [3.05, 3.63) is 38.7 Å². The number of hydrogen-bond donors (Lipinski definition) is 4. The highest BCUT2D eigenvalue weighted by molar-refractivity contribution is 6.00. The average Bonchev–Trinajstić information content (AvgIpc) is 2.62. The topological polar surface area (TPSA) is 137 Å². The van der Waals surface area contributed by atoms with Crippen LogP contribution in [-0.2, 0) is 4.79 Å². The molecule has 0 aromatic carbocycles. The molecule has 2 aromatic heterocycles. The molecule has 0 spiro atoms. The maximum Gasteiger partial charge on any atom is 0.327 e. The van der Waals surface area contributed by atoms with Gasteiger partial charge in [0, 0.05) is 12.7 Å². The first kappa shape index (κ1) is 17.8. The molecule has 0 unspecified atom stereocenters. The monoisotopic (exact) mass is 359 g/mol. The van der Waals surface area contributed by atoms with Crippen molar-refractivity contribution in [1.29, 1.82) is 0 Å². The summed E-state index contributed by atoms with van der Waals surface area (Å²) in [5.74, 6) is -0.665. The number of nitrogens with one attached hydrogen (secondary N) is 4. The Morgan fingerprint density at radius 2 is 1.92 bits per heavy atom. The number of carbonyl (C=O) groups is 2. The van der Waals surface area contributed by atoms with Crippen LogP contribution in [0.3, 0.4) is 0 Å². The van der Waals surface area contributed by atoms with Crippen LogP contribution in [0.1, 0.15) is 49.4 Å². The summed E-state index contributed by atoms with van der Waals surface area (Å²) in [5.41, 5.74) is -1.97. The van der Waals surface area contributed by atoms with Crippen LogP contribution in [0.25, 0.3) is 11.0 Å². The molecule has 0 radical (unpaired) electrons. The minimum absolute atomic E-state index is 0.103. The number of pyridine rings is 1. The van der Waals surface area contributed by atoms with E-state index >= 15 is 0 Å². The predicted molar refractivity (Wildman–Crippen MR) is 95.0 cm³/mol. The van der Waals surface area contributed by atoms with Crippen LogP contribution in [0.5, 0.6) is 0 Å². The van der Waals surface area contributed by atoms with E-state index in [-0.39, 0.29) is 22.5 Å². The van der Waals surface area contributed by atoms with Crippen molar-refractivity contribution in [3.8, 4) is 0 Å².